The molecule has 7 nitrogen and oxygen atoms in total. The Kier molecular flexibility index (Phi) is 7.70. The first-order valence-corrected chi connectivity index (χ1v) is 11.6. The molecule has 0 saturated heterocycles. The van der Waals surface area contributed by atoms with Crippen molar-refractivity contribution in [3.8, 4) is 0 Å². The van der Waals surface area contributed by atoms with Gasteiger partial charge in [-0.05, 0) is 41.8 Å². The molecule has 170 valence electrons. The maximum absolute atomic E-state index is 13.3. The molecule has 32 heavy (non-hydrogen) atoms. The molecule has 0 radical (unpaired) electrons. The summed E-state index contributed by atoms with van der Waals surface area (Å²) >= 11 is 0. The summed E-state index contributed by atoms with van der Waals surface area (Å²) in [7, 11) is -3.54. The zero-order valence-corrected chi connectivity index (χ0v) is 17.9. The predicted molar refractivity (Wildman–Crippen MR) is 115 cm³/mol. The minimum atomic E-state index is -3.54. The van der Waals surface area contributed by atoms with Crippen molar-refractivity contribution in [3.63, 3.8) is 0 Å². The highest BCUT2D eigenvalue weighted by atomic mass is 32.2. The van der Waals surface area contributed by atoms with E-state index in [0.717, 1.165) is 4.57 Å². The smallest absolute Gasteiger partial charge is 0.330 e. The SMILES string of the molecule is O=c1ccn(COCCCS(=O)(=O)CC(c2ccc(F)cc2)c2ccc(F)cc2)c(=O)[nH]1. The van der Waals surface area contributed by atoms with Crippen LogP contribution in [0.3, 0.4) is 0 Å². The number of rotatable bonds is 10. The van der Waals surface area contributed by atoms with Crippen LogP contribution in [0.2, 0.25) is 0 Å². The molecule has 0 spiro atoms. The lowest BCUT2D eigenvalue weighted by atomic mass is 9.93. The van der Waals surface area contributed by atoms with Crippen LogP contribution in [0.15, 0.2) is 70.4 Å². The number of sulfone groups is 1. The van der Waals surface area contributed by atoms with E-state index in [-0.39, 0.29) is 31.3 Å². The summed E-state index contributed by atoms with van der Waals surface area (Å²) in [6.45, 7) is -0.0357. The van der Waals surface area contributed by atoms with Crippen LogP contribution < -0.4 is 11.2 Å². The van der Waals surface area contributed by atoms with Crippen LogP contribution in [-0.4, -0.2) is 36.1 Å². The first kappa shape index (κ1) is 23.6. The molecule has 0 amide bonds. The van der Waals surface area contributed by atoms with Gasteiger partial charge >= 0.3 is 5.69 Å². The lowest BCUT2D eigenvalue weighted by Gasteiger charge is -2.18. The van der Waals surface area contributed by atoms with Gasteiger partial charge in [-0.1, -0.05) is 24.3 Å². The Balaban J connectivity index is 1.62. The molecule has 10 heteroatoms. The van der Waals surface area contributed by atoms with Gasteiger partial charge in [-0.3, -0.25) is 14.3 Å². The van der Waals surface area contributed by atoms with Crippen molar-refractivity contribution >= 4 is 9.84 Å². The summed E-state index contributed by atoms with van der Waals surface area (Å²) in [5, 5.41) is 0. The zero-order valence-electron chi connectivity index (χ0n) is 17.0. The van der Waals surface area contributed by atoms with Crippen LogP contribution in [-0.2, 0) is 21.3 Å². The molecule has 0 fully saturated rings. The minimum Gasteiger partial charge on any atom is -0.361 e. The van der Waals surface area contributed by atoms with Crippen LogP contribution >= 0.6 is 0 Å². The third-order valence-corrected chi connectivity index (χ3v) is 6.59. The van der Waals surface area contributed by atoms with Gasteiger partial charge in [0.05, 0.1) is 11.5 Å². The quantitative estimate of drug-likeness (QED) is 0.465. The number of nitrogens with zero attached hydrogens (tertiary/aromatic N) is 1. The van der Waals surface area contributed by atoms with E-state index in [0.29, 0.717) is 11.1 Å². The number of nitrogens with one attached hydrogen (secondary N) is 1. The minimum absolute atomic E-state index is 0.0859. The van der Waals surface area contributed by atoms with E-state index < -0.39 is 38.6 Å². The predicted octanol–water partition coefficient (Wildman–Crippen LogP) is 2.43. The summed E-state index contributed by atoms with van der Waals surface area (Å²) in [6, 6.07) is 12.3. The van der Waals surface area contributed by atoms with E-state index in [1.807, 2.05) is 0 Å². The molecule has 0 aliphatic heterocycles. The second kappa shape index (κ2) is 10.5. The van der Waals surface area contributed by atoms with E-state index in [9.17, 15) is 26.8 Å². The highest BCUT2D eigenvalue weighted by Gasteiger charge is 2.22. The number of aromatic nitrogens is 2. The highest BCUT2D eigenvalue weighted by Crippen LogP contribution is 2.27. The molecule has 1 heterocycles. The summed E-state index contributed by atoms with van der Waals surface area (Å²) in [5.41, 5.74) is 0.0753. The van der Waals surface area contributed by atoms with Gasteiger partial charge in [-0.2, -0.15) is 0 Å². The number of hydrogen-bond acceptors (Lipinski definition) is 5. The van der Waals surface area contributed by atoms with Gasteiger partial charge in [0, 0.05) is 24.8 Å². The number of H-pyrrole nitrogens is 1. The maximum Gasteiger partial charge on any atom is 0.330 e. The van der Waals surface area contributed by atoms with Gasteiger partial charge in [0.15, 0.2) is 9.84 Å². The fourth-order valence-corrected chi connectivity index (χ4v) is 4.82. The Morgan fingerprint density at radius 3 is 2.00 bits per heavy atom. The fourth-order valence-electron chi connectivity index (χ4n) is 3.20. The van der Waals surface area contributed by atoms with E-state index in [4.69, 9.17) is 4.74 Å². The summed E-state index contributed by atoms with van der Waals surface area (Å²) in [6.07, 6.45) is 1.48. The molecular weight excluding hydrogens is 442 g/mol. The normalized spacial score (nSPS) is 11.7. The number of ether oxygens (including phenoxy) is 1. The molecule has 1 N–H and O–H groups in total. The standard InChI is InChI=1S/C22H22F2N2O5S/c23-18-6-2-16(3-7-18)20(17-4-8-19(24)9-5-17)14-32(29,30)13-1-12-31-15-26-11-10-21(27)25-22(26)28/h2-11,20H,1,12-15H2,(H,25,27,28). The summed E-state index contributed by atoms with van der Waals surface area (Å²) in [5.74, 6) is -1.85. The second-order valence-corrected chi connectivity index (χ2v) is 9.47. The van der Waals surface area contributed by atoms with Gasteiger partial charge in [-0.25, -0.2) is 22.0 Å². The van der Waals surface area contributed by atoms with Crippen LogP contribution in [0.5, 0.6) is 0 Å². The second-order valence-electron chi connectivity index (χ2n) is 7.24. The third kappa shape index (κ3) is 6.69. The van der Waals surface area contributed by atoms with Gasteiger partial charge in [0.25, 0.3) is 5.56 Å². The zero-order chi connectivity index (χ0) is 23.1. The highest BCUT2D eigenvalue weighted by molar-refractivity contribution is 7.91. The van der Waals surface area contributed by atoms with Gasteiger partial charge in [0.1, 0.15) is 18.4 Å². The van der Waals surface area contributed by atoms with Crippen molar-refractivity contribution in [2.75, 3.05) is 18.1 Å². The average molecular weight is 464 g/mol. The first-order valence-electron chi connectivity index (χ1n) is 9.82. The van der Waals surface area contributed by atoms with Crippen molar-refractivity contribution in [1.82, 2.24) is 9.55 Å². The van der Waals surface area contributed by atoms with Gasteiger partial charge < -0.3 is 4.74 Å². The number of benzene rings is 2. The van der Waals surface area contributed by atoms with Crippen molar-refractivity contribution < 1.29 is 21.9 Å². The largest absolute Gasteiger partial charge is 0.361 e. The molecule has 0 aliphatic rings. The molecule has 0 unspecified atom stereocenters. The number of halogens is 2. The molecule has 0 atom stereocenters. The fraction of sp³-hybridized carbons (Fsp3) is 0.273. The number of hydrogen-bond donors (Lipinski definition) is 1. The molecular formula is C22H22F2N2O5S. The molecule has 0 aliphatic carbocycles. The molecule has 0 bridgehead atoms. The topological polar surface area (TPSA) is 98.2 Å². The Morgan fingerprint density at radius 2 is 1.47 bits per heavy atom. The average Bonchev–Trinajstić information content (AvgIpc) is 2.74. The summed E-state index contributed by atoms with van der Waals surface area (Å²) in [4.78, 5) is 24.7. The van der Waals surface area contributed by atoms with E-state index >= 15 is 0 Å². The Bertz CT molecular complexity index is 1210. The Hall–Kier alpha value is -3.11. The molecule has 3 aromatic rings. The first-order chi connectivity index (χ1) is 15.2. The summed E-state index contributed by atoms with van der Waals surface area (Å²) < 4.78 is 58.6. The molecule has 3 rings (SSSR count). The Labute approximate surface area is 183 Å². The van der Waals surface area contributed by atoms with Gasteiger partial charge in [-0.15, -0.1) is 0 Å². The third-order valence-electron chi connectivity index (χ3n) is 4.84. The van der Waals surface area contributed by atoms with Gasteiger partial charge in [0.2, 0.25) is 0 Å². The van der Waals surface area contributed by atoms with Crippen LogP contribution in [0.4, 0.5) is 8.78 Å². The van der Waals surface area contributed by atoms with Crippen LogP contribution in [0.1, 0.15) is 23.5 Å². The lowest BCUT2D eigenvalue weighted by molar-refractivity contribution is 0.0745. The monoisotopic (exact) mass is 464 g/mol. The lowest BCUT2D eigenvalue weighted by Crippen LogP contribution is -2.29. The molecule has 1 aromatic heterocycles. The molecule has 0 saturated carbocycles. The van der Waals surface area contributed by atoms with E-state index in [1.54, 1.807) is 0 Å². The van der Waals surface area contributed by atoms with E-state index in [1.165, 1.54) is 60.8 Å². The molecule has 2 aromatic carbocycles. The number of aromatic amines is 1. The van der Waals surface area contributed by atoms with Crippen LogP contribution in [0, 0.1) is 11.6 Å². The maximum atomic E-state index is 13.3. The van der Waals surface area contributed by atoms with Crippen LogP contribution in [0.25, 0.3) is 0 Å². The van der Waals surface area contributed by atoms with Crippen molar-refractivity contribution in [2.24, 2.45) is 0 Å². The Morgan fingerprint density at radius 1 is 0.906 bits per heavy atom. The van der Waals surface area contributed by atoms with E-state index in [2.05, 4.69) is 4.98 Å². The van der Waals surface area contributed by atoms with Crippen molar-refractivity contribution in [2.45, 2.75) is 19.1 Å². The van der Waals surface area contributed by atoms with Crippen molar-refractivity contribution in [1.29, 1.82) is 0 Å². The van der Waals surface area contributed by atoms with Crippen molar-refractivity contribution in [3.05, 3.63) is 104 Å².